The number of nitrogens with zero attached hydrogens (tertiary/aromatic N) is 2. The van der Waals surface area contributed by atoms with Gasteiger partial charge in [0.15, 0.2) is 0 Å². The lowest BCUT2D eigenvalue weighted by Gasteiger charge is -2.32. The summed E-state index contributed by atoms with van der Waals surface area (Å²) in [6.45, 7) is 1.48. The zero-order valence-corrected chi connectivity index (χ0v) is 16.2. The van der Waals surface area contributed by atoms with Crippen LogP contribution in [0.3, 0.4) is 0 Å². The van der Waals surface area contributed by atoms with Crippen molar-refractivity contribution in [2.45, 2.75) is 42.7 Å². The molecule has 1 amide bonds. The third-order valence-corrected chi connectivity index (χ3v) is 6.86. The van der Waals surface area contributed by atoms with Crippen LogP contribution >= 0.6 is 0 Å². The molecule has 3 rings (SSSR count). The first kappa shape index (κ1) is 19.1. The number of fused-ring (bicyclic) bond motifs is 1. The Morgan fingerprint density at radius 2 is 1.88 bits per heavy atom. The second-order valence-electron chi connectivity index (χ2n) is 6.99. The topological polar surface area (TPSA) is 78.9 Å². The molecule has 2 fully saturated rings. The van der Waals surface area contributed by atoms with Crippen LogP contribution in [0.5, 0.6) is 5.75 Å². The van der Waals surface area contributed by atoms with Crippen molar-refractivity contribution in [3.8, 4) is 5.75 Å². The van der Waals surface area contributed by atoms with E-state index in [4.69, 9.17) is 4.74 Å². The molecule has 26 heavy (non-hydrogen) atoms. The van der Waals surface area contributed by atoms with Gasteiger partial charge in [0.1, 0.15) is 5.75 Å². The van der Waals surface area contributed by atoms with Crippen molar-refractivity contribution in [3.05, 3.63) is 24.3 Å². The minimum absolute atomic E-state index is 0.125. The maximum absolute atomic E-state index is 12.7. The number of hydrogen-bond donors (Lipinski definition) is 1. The summed E-state index contributed by atoms with van der Waals surface area (Å²) in [5.74, 6) is 0.440. The van der Waals surface area contributed by atoms with E-state index in [2.05, 4.69) is 16.7 Å². The third-order valence-electron chi connectivity index (χ3n) is 5.44. The fourth-order valence-electron chi connectivity index (χ4n) is 3.97. The molecule has 7 nitrogen and oxygen atoms in total. The van der Waals surface area contributed by atoms with Crippen LogP contribution in [0.15, 0.2) is 29.2 Å². The molecule has 0 aliphatic carbocycles. The van der Waals surface area contributed by atoms with Crippen LogP contribution in [0.25, 0.3) is 0 Å². The Morgan fingerprint density at radius 1 is 1.15 bits per heavy atom. The lowest BCUT2D eigenvalue weighted by atomic mass is 10.0. The number of carbonyl (C=O) groups excluding carboxylic acids is 1. The number of amides is 1. The van der Waals surface area contributed by atoms with Gasteiger partial charge in [-0.3, -0.25) is 4.79 Å². The van der Waals surface area contributed by atoms with Crippen LogP contribution in [0, 0.1) is 0 Å². The van der Waals surface area contributed by atoms with Gasteiger partial charge in [0.05, 0.1) is 18.6 Å². The second-order valence-corrected chi connectivity index (χ2v) is 8.75. The van der Waals surface area contributed by atoms with Crippen molar-refractivity contribution in [3.63, 3.8) is 0 Å². The normalized spacial score (nSPS) is 24.2. The zero-order chi connectivity index (χ0) is 18.7. The lowest BCUT2D eigenvalue weighted by Crippen LogP contribution is -2.49. The molecule has 8 heteroatoms. The maximum atomic E-state index is 12.7. The number of benzene rings is 1. The van der Waals surface area contributed by atoms with Gasteiger partial charge in [0, 0.05) is 25.2 Å². The average Bonchev–Trinajstić information content (AvgIpc) is 2.87. The molecule has 0 spiro atoms. The van der Waals surface area contributed by atoms with Crippen LogP contribution in [0.2, 0.25) is 0 Å². The van der Waals surface area contributed by atoms with Gasteiger partial charge in [-0.15, -0.1) is 0 Å². The molecule has 0 bridgehead atoms. The molecule has 2 atom stereocenters. The number of likely N-dealkylation sites (N-methyl/N-ethyl adjacent to an activating group) is 1. The Bertz CT molecular complexity index is 735. The van der Waals surface area contributed by atoms with Gasteiger partial charge in [-0.1, -0.05) is 6.42 Å². The molecular weight excluding hydrogens is 354 g/mol. The molecular formula is C18H27N3O4S. The minimum atomic E-state index is -3.72. The fourth-order valence-corrected chi connectivity index (χ4v) is 4.95. The van der Waals surface area contributed by atoms with Crippen molar-refractivity contribution in [2.75, 3.05) is 33.8 Å². The Labute approximate surface area is 155 Å². The van der Waals surface area contributed by atoms with Gasteiger partial charge in [-0.25, -0.2) is 13.1 Å². The fraction of sp³-hybridized carbons (Fsp3) is 0.611. The monoisotopic (exact) mass is 381 g/mol. The molecule has 0 aromatic heterocycles. The molecule has 2 heterocycles. The summed E-state index contributed by atoms with van der Waals surface area (Å²) in [5, 5.41) is 0. The van der Waals surface area contributed by atoms with E-state index in [0.717, 1.165) is 32.2 Å². The van der Waals surface area contributed by atoms with E-state index in [9.17, 15) is 13.2 Å². The third kappa shape index (κ3) is 4.02. The van der Waals surface area contributed by atoms with Crippen LogP contribution in [0.1, 0.15) is 25.7 Å². The largest absolute Gasteiger partial charge is 0.497 e. The summed E-state index contributed by atoms with van der Waals surface area (Å²) in [5.41, 5.74) is 0. The van der Waals surface area contributed by atoms with Gasteiger partial charge in [0.25, 0.3) is 0 Å². The Kier molecular flexibility index (Phi) is 5.84. The van der Waals surface area contributed by atoms with Crippen LogP contribution in [-0.4, -0.2) is 70.0 Å². The van der Waals surface area contributed by atoms with Gasteiger partial charge < -0.3 is 14.5 Å². The first-order valence-electron chi connectivity index (χ1n) is 9.06. The Hall–Kier alpha value is -1.64. The van der Waals surface area contributed by atoms with E-state index in [1.807, 2.05) is 4.90 Å². The standard InChI is InChI=1S/C18H27N3O4S/c1-20-12-10-17-16(20)5-3-4-11-21(17)18(22)13-19-26(23,24)15-8-6-14(25-2)7-9-15/h6-9,16-17,19H,3-5,10-13H2,1-2H3/t16-,17-/m1/s1. The summed E-state index contributed by atoms with van der Waals surface area (Å²) >= 11 is 0. The van der Waals surface area contributed by atoms with E-state index >= 15 is 0 Å². The van der Waals surface area contributed by atoms with Crippen LogP contribution in [0.4, 0.5) is 0 Å². The predicted octanol–water partition coefficient (Wildman–Crippen LogP) is 1.06. The summed E-state index contributed by atoms with van der Waals surface area (Å²) in [7, 11) is -0.0991. The molecule has 1 aromatic rings. The lowest BCUT2D eigenvalue weighted by molar-refractivity contribution is -0.132. The van der Waals surface area contributed by atoms with E-state index in [0.29, 0.717) is 18.3 Å². The minimum Gasteiger partial charge on any atom is -0.497 e. The summed E-state index contributed by atoms with van der Waals surface area (Å²) in [6.07, 6.45) is 4.13. The van der Waals surface area contributed by atoms with E-state index in [1.165, 1.54) is 19.2 Å². The van der Waals surface area contributed by atoms with Gasteiger partial charge in [-0.05, 0) is 50.6 Å². The molecule has 1 aromatic carbocycles. The maximum Gasteiger partial charge on any atom is 0.241 e. The number of nitrogens with one attached hydrogen (secondary N) is 1. The number of likely N-dealkylation sites (tertiary alicyclic amines) is 2. The predicted molar refractivity (Wildman–Crippen MR) is 98.6 cm³/mol. The van der Waals surface area contributed by atoms with Crippen molar-refractivity contribution in [2.24, 2.45) is 0 Å². The van der Waals surface area contributed by atoms with Crippen LogP contribution < -0.4 is 9.46 Å². The van der Waals surface area contributed by atoms with Crippen molar-refractivity contribution >= 4 is 15.9 Å². The Morgan fingerprint density at radius 3 is 2.58 bits per heavy atom. The summed E-state index contributed by atoms with van der Waals surface area (Å²) in [6, 6.07) is 6.70. The van der Waals surface area contributed by atoms with Gasteiger partial charge in [0.2, 0.25) is 15.9 Å². The number of rotatable bonds is 5. The van der Waals surface area contributed by atoms with Crippen molar-refractivity contribution in [1.29, 1.82) is 0 Å². The summed E-state index contributed by atoms with van der Waals surface area (Å²) < 4.78 is 32.4. The highest BCUT2D eigenvalue weighted by Crippen LogP contribution is 2.29. The van der Waals surface area contributed by atoms with E-state index in [1.54, 1.807) is 12.1 Å². The first-order chi connectivity index (χ1) is 12.4. The molecule has 2 aliphatic rings. The van der Waals surface area contributed by atoms with Crippen LogP contribution in [-0.2, 0) is 14.8 Å². The molecule has 2 saturated heterocycles. The smallest absolute Gasteiger partial charge is 0.241 e. The molecule has 1 N–H and O–H groups in total. The molecule has 2 aliphatic heterocycles. The molecule has 144 valence electrons. The van der Waals surface area contributed by atoms with Crippen molar-refractivity contribution < 1.29 is 17.9 Å². The van der Waals surface area contributed by atoms with E-state index < -0.39 is 10.0 Å². The highest BCUT2D eigenvalue weighted by atomic mass is 32.2. The average molecular weight is 381 g/mol. The zero-order valence-electron chi connectivity index (χ0n) is 15.3. The van der Waals surface area contributed by atoms with E-state index in [-0.39, 0.29) is 23.4 Å². The highest BCUT2D eigenvalue weighted by molar-refractivity contribution is 7.89. The quantitative estimate of drug-likeness (QED) is 0.825. The summed E-state index contributed by atoms with van der Waals surface area (Å²) in [4.78, 5) is 17.1. The SMILES string of the molecule is COc1ccc(S(=O)(=O)NCC(=O)N2CCCC[C@@H]3[C@H]2CCN3C)cc1. The molecule has 0 radical (unpaired) electrons. The molecule has 0 saturated carbocycles. The second kappa shape index (κ2) is 7.94. The Balaban J connectivity index is 1.65. The first-order valence-corrected chi connectivity index (χ1v) is 10.5. The number of ether oxygens (including phenoxy) is 1. The number of sulfonamides is 1. The molecule has 0 unspecified atom stereocenters. The van der Waals surface area contributed by atoms with Crippen molar-refractivity contribution in [1.82, 2.24) is 14.5 Å². The highest BCUT2D eigenvalue weighted by Gasteiger charge is 2.39. The number of hydrogen-bond acceptors (Lipinski definition) is 5. The van der Waals surface area contributed by atoms with Gasteiger partial charge in [-0.2, -0.15) is 0 Å². The number of carbonyl (C=O) groups is 1. The number of methoxy groups -OCH3 is 1. The van der Waals surface area contributed by atoms with Gasteiger partial charge >= 0.3 is 0 Å².